The maximum Gasteiger partial charge on any atom is 0.344 e. The summed E-state index contributed by atoms with van der Waals surface area (Å²) in [5.74, 6) is 1.62. The molecule has 2 aliphatic rings. The molecule has 0 atom stereocenters. The molecule has 1 fully saturated rings. The van der Waals surface area contributed by atoms with Gasteiger partial charge in [0.05, 0.1) is 6.61 Å². The Balaban J connectivity index is 0.00000276. The lowest BCUT2D eigenvalue weighted by molar-refractivity contribution is -0.145. The molecule has 0 N–H and O–H groups in total. The van der Waals surface area contributed by atoms with E-state index in [9.17, 15) is 14.0 Å². The average Bonchev–Trinajstić information content (AvgIpc) is 3.22. The maximum atomic E-state index is 13.3. The summed E-state index contributed by atoms with van der Waals surface area (Å²) in [6.07, 6.45) is 3.59. The number of fused-ring (bicyclic) bond motifs is 1. The van der Waals surface area contributed by atoms with Crippen LogP contribution in [0.25, 0.3) is 0 Å². The molecule has 0 bridgehead atoms. The first-order valence-corrected chi connectivity index (χ1v) is 15.3. The smallest absolute Gasteiger partial charge is 0.344 e. The van der Waals surface area contributed by atoms with E-state index in [1.165, 1.54) is 12.1 Å². The predicted octanol–water partition coefficient (Wildman–Crippen LogP) is 6.88. The number of carbonyl (C=O) groups is 2. The van der Waals surface area contributed by atoms with Crippen molar-refractivity contribution < 1.29 is 28.2 Å². The third-order valence-electron chi connectivity index (χ3n) is 8.21. The Morgan fingerprint density at radius 2 is 1.67 bits per heavy atom. The molecule has 5 rings (SSSR count). The van der Waals surface area contributed by atoms with Crippen LogP contribution in [0.15, 0.2) is 66.7 Å². The molecule has 10 heteroatoms. The third kappa shape index (κ3) is 11.0. The second-order valence-electron chi connectivity index (χ2n) is 11.4. The number of ketones is 1. The van der Waals surface area contributed by atoms with Crippen molar-refractivity contribution in [2.75, 3.05) is 39.5 Å². The van der Waals surface area contributed by atoms with Crippen molar-refractivity contribution in [3.05, 3.63) is 94.8 Å². The van der Waals surface area contributed by atoms with Gasteiger partial charge in [-0.3, -0.25) is 14.6 Å². The minimum atomic E-state index is -0.366. The van der Waals surface area contributed by atoms with Crippen molar-refractivity contribution in [3.63, 3.8) is 0 Å². The summed E-state index contributed by atoms with van der Waals surface area (Å²) in [5, 5.41) is 0. The Bertz CT molecular complexity index is 1380. The second-order valence-corrected chi connectivity index (χ2v) is 11.4. The summed E-state index contributed by atoms with van der Waals surface area (Å²) in [6.45, 7) is 7.58. The minimum absolute atomic E-state index is 0. The van der Waals surface area contributed by atoms with E-state index in [1.54, 1.807) is 6.92 Å². The van der Waals surface area contributed by atoms with Crippen LogP contribution < -0.4 is 9.47 Å². The summed E-state index contributed by atoms with van der Waals surface area (Å²) in [4.78, 5) is 29.5. The number of esters is 1. The maximum absolute atomic E-state index is 13.3. The quantitative estimate of drug-likeness (QED) is 0.155. The Hall–Kier alpha value is -3.17. The summed E-state index contributed by atoms with van der Waals surface area (Å²) in [7, 11) is 0. The monoisotopic (exact) mass is 660 g/mol. The number of benzene rings is 3. The number of nitrogens with zero attached hydrogens (tertiary/aromatic N) is 2. The van der Waals surface area contributed by atoms with Crippen LogP contribution in [0.5, 0.6) is 11.5 Å². The molecule has 0 spiro atoms. The molecule has 0 aliphatic carbocycles. The standard InChI is InChI=1S/C35H41FN2O5.2ClH/c1-2-41-35(40)25-43-32-5-3-4-28(20-32)23-37-16-14-26(15-17-37)8-12-33(39)29-9-13-34-30(21-29)24-38(18-19-42-34)22-27-6-10-31(36)11-7-27;;/h3-7,9-11,13,20-21,26H,2,8,12,14-19,22-25H2,1H3;2*1H. The first-order valence-electron chi connectivity index (χ1n) is 15.3. The highest BCUT2D eigenvalue weighted by atomic mass is 35.5. The molecule has 2 heterocycles. The number of ether oxygens (including phenoxy) is 3. The lowest BCUT2D eigenvalue weighted by Gasteiger charge is -2.32. The number of hydrogen-bond acceptors (Lipinski definition) is 7. The van der Waals surface area contributed by atoms with Gasteiger partial charge in [0.25, 0.3) is 0 Å². The molecule has 0 unspecified atom stereocenters. The topological polar surface area (TPSA) is 68.3 Å². The molecule has 0 amide bonds. The number of carbonyl (C=O) groups excluding carboxylic acids is 2. The van der Waals surface area contributed by atoms with Crippen LogP contribution in [0.3, 0.4) is 0 Å². The Kier molecular flexibility index (Phi) is 14.6. The zero-order valence-electron chi connectivity index (χ0n) is 25.8. The van der Waals surface area contributed by atoms with Gasteiger partial charge in [-0.2, -0.15) is 0 Å². The Morgan fingerprint density at radius 3 is 2.42 bits per heavy atom. The molecular weight excluding hydrogens is 618 g/mol. The molecule has 0 saturated carbocycles. The highest BCUT2D eigenvalue weighted by molar-refractivity contribution is 5.96. The normalized spacial score (nSPS) is 15.4. The van der Waals surface area contributed by atoms with E-state index in [4.69, 9.17) is 14.2 Å². The van der Waals surface area contributed by atoms with Gasteiger partial charge in [-0.25, -0.2) is 9.18 Å². The summed E-state index contributed by atoms with van der Waals surface area (Å²) >= 11 is 0. The molecule has 7 nitrogen and oxygen atoms in total. The number of likely N-dealkylation sites (tertiary alicyclic amines) is 1. The van der Waals surface area contributed by atoms with Crippen LogP contribution in [0, 0.1) is 11.7 Å². The number of piperidine rings is 1. The van der Waals surface area contributed by atoms with Crippen LogP contribution in [0.4, 0.5) is 4.39 Å². The summed E-state index contributed by atoms with van der Waals surface area (Å²) < 4.78 is 29.8. The van der Waals surface area contributed by atoms with Gasteiger partial charge in [-0.1, -0.05) is 24.3 Å². The van der Waals surface area contributed by atoms with Crippen LogP contribution in [-0.2, 0) is 29.2 Å². The first kappa shape index (κ1) is 36.3. The fourth-order valence-electron chi connectivity index (χ4n) is 5.85. The highest BCUT2D eigenvalue weighted by Gasteiger charge is 2.22. The molecule has 1 saturated heterocycles. The van der Waals surface area contributed by atoms with Crippen molar-refractivity contribution >= 4 is 36.6 Å². The van der Waals surface area contributed by atoms with Gasteiger partial charge < -0.3 is 14.2 Å². The molecule has 0 aromatic heterocycles. The van der Waals surface area contributed by atoms with Gasteiger partial charge in [0.2, 0.25) is 0 Å². The third-order valence-corrected chi connectivity index (χ3v) is 8.21. The largest absolute Gasteiger partial charge is 0.492 e. The van der Waals surface area contributed by atoms with Gasteiger partial charge in [0.15, 0.2) is 12.4 Å². The van der Waals surface area contributed by atoms with E-state index in [1.807, 2.05) is 48.5 Å². The second kappa shape index (κ2) is 18.1. The zero-order valence-corrected chi connectivity index (χ0v) is 27.4. The van der Waals surface area contributed by atoms with Crippen molar-refractivity contribution in [2.24, 2.45) is 5.92 Å². The molecule has 2 aliphatic heterocycles. The van der Waals surface area contributed by atoms with E-state index in [2.05, 4.69) is 15.9 Å². The average molecular weight is 662 g/mol. The zero-order chi connectivity index (χ0) is 30.0. The summed E-state index contributed by atoms with van der Waals surface area (Å²) in [5.41, 5.74) is 3.97. The highest BCUT2D eigenvalue weighted by Crippen LogP contribution is 2.28. The van der Waals surface area contributed by atoms with Crippen LogP contribution in [0.1, 0.15) is 59.7 Å². The lowest BCUT2D eigenvalue weighted by Crippen LogP contribution is -2.33. The van der Waals surface area contributed by atoms with E-state index >= 15 is 0 Å². The van der Waals surface area contributed by atoms with Crippen molar-refractivity contribution in [1.29, 1.82) is 0 Å². The molecule has 45 heavy (non-hydrogen) atoms. The number of Topliss-reactive ketones (excluding diaryl/α,β-unsaturated/α-hetero) is 1. The van der Waals surface area contributed by atoms with Gasteiger partial charge in [-0.05, 0) is 98.8 Å². The van der Waals surface area contributed by atoms with E-state index in [0.29, 0.717) is 44.4 Å². The Morgan fingerprint density at radius 1 is 0.911 bits per heavy atom. The predicted molar refractivity (Wildman–Crippen MR) is 177 cm³/mol. The SMILES string of the molecule is CCOC(=O)COc1cccc(CN2CCC(CCC(=O)c3ccc4c(c3)CN(Cc3ccc(F)cc3)CCO4)CC2)c1.Cl.Cl. The number of hydrogen-bond donors (Lipinski definition) is 0. The number of rotatable bonds is 12. The van der Waals surface area contributed by atoms with E-state index in [-0.39, 0.29) is 49.0 Å². The fraction of sp³-hybridized carbons (Fsp3) is 0.429. The lowest BCUT2D eigenvalue weighted by atomic mass is 9.90. The van der Waals surface area contributed by atoms with Gasteiger partial charge >= 0.3 is 5.97 Å². The van der Waals surface area contributed by atoms with Crippen molar-refractivity contribution in [2.45, 2.75) is 52.2 Å². The Labute approximate surface area is 277 Å². The molecule has 3 aromatic carbocycles. The van der Waals surface area contributed by atoms with E-state index < -0.39 is 0 Å². The molecular formula is C35H43Cl2FN2O5. The molecule has 244 valence electrons. The van der Waals surface area contributed by atoms with Crippen LogP contribution in [0.2, 0.25) is 0 Å². The van der Waals surface area contributed by atoms with Gasteiger partial charge in [0.1, 0.15) is 23.9 Å². The van der Waals surface area contributed by atoms with Gasteiger partial charge in [-0.15, -0.1) is 24.8 Å². The van der Waals surface area contributed by atoms with Crippen molar-refractivity contribution in [1.82, 2.24) is 9.80 Å². The fourth-order valence-corrected chi connectivity index (χ4v) is 5.85. The number of halogens is 3. The van der Waals surface area contributed by atoms with E-state index in [0.717, 1.165) is 73.4 Å². The summed E-state index contributed by atoms with van der Waals surface area (Å²) in [6, 6.07) is 20.3. The minimum Gasteiger partial charge on any atom is -0.492 e. The molecule has 3 aromatic rings. The first-order chi connectivity index (χ1) is 20.9. The molecule has 0 radical (unpaired) electrons. The van der Waals surface area contributed by atoms with Crippen molar-refractivity contribution in [3.8, 4) is 11.5 Å². The van der Waals surface area contributed by atoms with Crippen LogP contribution in [-0.4, -0.2) is 61.0 Å². The van der Waals surface area contributed by atoms with Crippen LogP contribution >= 0.6 is 24.8 Å². The van der Waals surface area contributed by atoms with Gasteiger partial charge in [0, 0.05) is 43.7 Å².